The van der Waals surface area contributed by atoms with Crippen molar-refractivity contribution >= 4 is 40.1 Å². The highest BCUT2D eigenvalue weighted by molar-refractivity contribution is 6.42. The number of aromatic amines is 1. The van der Waals surface area contributed by atoms with Gasteiger partial charge in [0.2, 0.25) is 0 Å². The van der Waals surface area contributed by atoms with Gasteiger partial charge in [-0.25, -0.2) is 4.79 Å². The van der Waals surface area contributed by atoms with Gasteiger partial charge in [0.25, 0.3) is 5.91 Å². The molecule has 4 aromatic rings. The normalized spacial score (nSPS) is 11.0. The van der Waals surface area contributed by atoms with Crippen LogP contribution in [0.15, 0.2) is 65.6 Å². The Morgan fingerprint density at radius 2 is 1.90 bits per heavy atom. The van der Waals surface area contributed by atoms with Crippen molar-refractivity contribution in [2.45, 2.75) is 13.1 Å². The molecule has 8 heteroatoms. The summed E-state index contributed by atoms with van der Waals surface area (Å²) in [6, 6.07) is 16.1. The van der Waals surface area contributed by atoms with Crippen molar-refractivity contribution in [3.05, 3.63) is 98.1 Å². The lowest BCUT2D eigenvalue weighted by Gasteiger charge is -2.23. The standard InChI is InChI=1S/C22H18Cl2N4O2/c1-27-20-8-6-15(11-19(20)26-22(27)30)21(29)28(13-16-4-2-3-9-25-16)12-14-5-7-17(23)18(24)10-14/h2-11H,12-13H2,1H3,(H,26,30). The zero-order valence-corrected chi connectivity index (χ0v) is 17.6. The van der Waals surface area contributed by atoms with Crippen LogP contribution in [-0.2, 0) is 20.1 Å². The molecule has 1 N–H and O–H groups in total. The van der Waals surface area contributed by atoms with Crippen LogP contribution in [0.3, 0.4) is 0 Å². The largest absolute Gasteiger partial charge is 0.328 e. The van der Waals surface area contributed by atoms with Crippen LogP contribution < -0.4 is 5.69 Å². The van der Waals surface area contributed by atoms with Gasteiger partial charge in [0.15, 0.2) is 0 Å². The molecule has 0 aliphatic carbocycles. The number of rotatable bonds is 5. The molecule has 4 rings (SSSR count). The third-order valence-electron chi connectivity index (χ3n) is 4.87. The molecule has 0 unspecified atom stereocenters. The van der Waals surface area contributed by atoms with Crippen molar-refractivity contribution in [3.63, 3.8) is 0 Å². The lowest BCUT2D eigenvalue weighted by molar-refractivity contribution is 0.0728. The average molecular weight is 441 g/mol. The van der Waals surface area contributed by atoms with E-state index in [-0.39, 0.29) is 11.6 Å². The number of nitrogens with one attached hydrogen (secondary N) is 1. The van der Waals surface area contributed by atoms with Crippen LogP contribution in [0.2, 0.25) is 10.0 Å². The van der Waals surface area contributed by atoms with Crippen molar-refractivity contribution in [1.29, 1.82) is 0 Å². The highest BCUT2D eigenvalue weighted by atomic mass is 35.5. The molecule has 0 aliphatic rings. The summed E-state index contributed by atoms with van der Waals surface area (Å²) in [6.45, 7) is 0.652. The first-order chi connectivity index (χ1) is 14.4. The Balaban J connectivity index is 1.69. The number of amides is 1. The Morgan fingerprint density at radius 1 is 1.07 bits per heavy atom. The summed E-state index contributed by atoms with van der Waals surface area (Å²) in [7, 11) is 1.68. The second-order valence-corrected chi connectivity index (χ2v) is 7.77. The highest BCUT2D eigenvalue weighted by Crippen LogP contribution is 2.24. The van der Waals surface area contributed by atoms with Gasteiger partial charge in [-0.05, 0) is 48.0 Å². The van der Waals surface area contributed by atoms with Crippen LogP contribution >= 0.6 is 23.2 Å². The summed E-state index contributed by atoms with van der Waals surface area (Å²) >= 11 is 12.2. The summed E-state index contributed by atoms with van der Waals surface area (Å²) in [5.41, 5.74) is 3.21. The molecule has 1 amide bonds. The number of imidazole rings is 1. The van der Waals surface area contributed by atoms with Crippen LogP contribution in [0.4, 0.5) is 0 Å². The summed E-state index contributed by atoms with van der Waals surface area (Å²) in [5, 5.41) is 0.893. The molecular weight excluding hydrogens is 423 g/mol. The number of benzene rings is 2. The van der Waals surface area contributed by atoms with E-state index in [9.17, 15) is 9.59 Å². The molecule has 30 heavy (non-hydrogen) atoms. The first kappa shape index (κ1) is 20.2. The first-order valence-corrected chi connectivity index (χ1v) is 10.00. The molecule has 2 heterocycles. The number of aromatic nitrogens is 3. The smallest absolute Gasteiger partial charge is 0.326 e. The molecule has 2 aromatic heterocycles. The maximum Gasteiger partial charge on any atom is 0.326 e. The predicted octanol–water partition coefficient (Wildman–Crippen LogP) is 4.41. The van der Waals surface area contributed by atoms with Gasteiger partial charge in [-0.1, -0.05) is 35.3 Å². The Hall–Kier alpha value is -3.09. The van der Waals surface area contributed by atoms with Crippen LogP contribution in [0, 0.1) is 0 Å². The first-order valence-electron chi connectivity index (χ1n) is 9.24. The monoisotopic (exact) mass is 440 g/mol. The Morgan fingerprint density at radius 3 is 2.63 bits per heavy atom. The van der Waals surface area contributed by atoms with Crippen LogP contribution in [0.1, 0.15) is 21.6 Å². The van der Waals surface area contributed by atoms with Crippen molar-refractivity contribution in [3.8, 4) is 0 Å². The van der Waals surface area contributed by atoms with Gasteiger partial charge in [-0.3, -0.25) is 14.3 Å². The maximum absolute atomic E-state index is 13.4. The molecule has 0 radical (unpaired) electrons. The Kier molecular flexibility index (Phi) is 5.61. The molecule has 0 atom stereocenters. The number of pyridine rings is 1. The number of carbonyl (C=O) groups excluding carboxylic acids is 1. The van der Waals surface area contributed by atoms with Gasteiger partial charge in [0.05, 0.1) is 33.3 Å². The van der Waals surface area contributed by atoms with E-state index >= 15 is 0 Å². The number of fused-ring (bicyclic) bond motifs is 1. The van der Waals surface area contributed by atoms with Gasteiger partial charge in [-0.15, -0.1) is 0 Å². The number of aryl methyl sites for hydroxylation is 1. The Bertz CT molecular complexity index is 1280. The van der Waals surface area contributed by atoms with Gasteiger partial charge in [0.1, 0.15) is 0 Å². The number of carbonyl (C=O) groups is 1. The van der Waals surface area contributed by atoms with Gasteiger partial charge in [-0.2, -0.15) is 0 Å². The molecular formula is C22H18Cl2N4O2. The average Bonchev–Trinajstić information content (AvgIpc) is 3.03. The van der Waals surface area contributed by atoms with E-state index in [2.05, 4.69) is 9.97 Å². The molecule has 0 fully saturated rings. The van der Waals surface area contributed by atoms with Crippen molar-refractivity contribution in [2.75, 3.05) is 0 Å². The van der Waals surface area contributed by atoms with Crippen LogP contribution in [0.25, 0.3) is 11.0 Å². The number of H-pyrrole nitrogens is 1. The minimum Gasteiger partial charge on any atom is -0.328 e. The quantitative estimate of drug-likeness (QED) is 0.499. The summed E-state index contributed by atoms with van der Waals surface area (Å²) < 4.78 is 1.50. The third-order valence-corrected chi connectivity index (χ3v) is 5.61. The third kappa shape index (κ3) is 4.10. The van der Waals surface area contributed by atoms with E-state index in [1.165, 1.54) is 4.57 Å². The van der Waals surface area contributed by atoms with E-state index < -0.39 is 0 Å². The SMILES string of the molecule is Cn1c(=O)[nH]c2cc(C(=O)N(Cc3ccc(Cl)c(Cl)c3)Cc3ccccn3)ccc21. The maximum atomic E-state index is 13.4. The minimum atomic E-state index is -0.226. The van der Waals surface area contributed by atoms with E-state index in [1.807, 2.05) is 24.3 Å². The predicted molar refractivity (Wildman–Crippen MR) is 118 cm³/mol. The lowest BCUT2D eigenvalue weighted by atomic mass is 10.1. The molecule has 0 saturated heterocycles. The minimum absolute atomic E-state index is 0.182. The molecule has 2 aromatic carbocycles. The van der Waals surface area contributed by atoms with Gasteiger partial charge < -0.3 is 9.88 Å². The number of halogens is 2. The highest BCUT2D eigenvalue weighted by Gasteiger charge is 2.19. The van der Waals surface area contributed by atoms with Crippen molar-refractivity contribution < 1.29 is 4.79 Å². The molecule has 6 nitrogen and oxygen atoms in total. The van der Waals surface area contributed by atoms with Gasteiger partial charge >= 0.3 is 5.69 Å². The van der Waals surface area contributed by atoms with E-state index in [4.69, 9.17) is 23.2 Å². The van der Waals surface area contributed by atoms with Crippen molar-refractivity contribution in [1.82, 2.24) is 19.4 Å². The molecule has 152 valence electrons. The zero-order chi connectivity index (χ0) is 21.3. The topological polar surface area (TPSA) is 71.0 Å². The second-order valence-electron chi connectivity index (χ2n) is 6.95. The fourth-order valence-corrected chi connectivity index (χ4v) is 3.62. The van der Waals surface area contributed by atoms with Crippen LogP contribution in [-0.4, -0.2) is 25.3 Å². The second kappa shape index (κ2) is 8.34. The lowest BCUT2D eigenvalue weighted by Crippen LogP contribution is -2.30. The number of nitrogens with zero attached hydrogens (tertiary/aromatic N) is 3. The van der Waals surface area contributed by atoms with Crippen LogP contribution in [0.5, 0.6) is 0 Å². The summed E-state index contributed by atoms with van der Waals surface area (Å²) in [6.07, 6.45) is 1.69. The summed E-state index contributed by atoms with van der Waals surface area (Å²) in [4.78, 5) is 34.0. The molecule has 0 spiro atoms. The molecule has 0 saturated carbocycles. The molecule has 0 aliphatic heterocycles. The van der Waals surface area contributed by atoms with E-state index in [0.717, 1.165) is 16.8 Å². The fourth-order valence-electron chi connectivity index (χ4n) is 3.30. The molecule has 0 bridgehead atoms. The Labute approximate surface area is 182 Å². The number of hydrogen-bond donors (Lipinski definition) is 1. The van der Waals surface area contributed by atoms with E-state index in [0.29, 0.717) is 34.2 Å². The fraction of sp³-hybridized carbons (Fsp3) is 0.136. The summed E-state index contributed by atoms with van der Waals surface area (Å²) in [5.74, 6) is -0.182. The van der Waals surface area contributed by atoms with E-state index in [1.54, 1.807) is 48.5 Å². The van der Waals surface area contributed by atoms with Crippen molar-refractivity contribution in [2.24, 2.45) is 7.05 Å². The zero-order valence-electron chi connectivity index (χ0n) is 16.1. The number of hydrogen-bond acceptors (Lipinski definition) is 3. The van der Waals surface area contributed by atoms with Gasteiger partial charge in [0, 0.05) is 25.4 Å².